The molecule has 0 saturated heterocycles. The molecule has 0 heterocycles. The summed E-state index contributed by atoms with van der Waals surface area (Å²) in [5.41, 5.74) is -1.17. The molecular formula is C16H14F3NO5S. The number of carbonyl (C=O) groups is 1. The van der Waals surface area contributed by atoms with Gasteiger partial charge < -0.3 is 9.47 Å². The number of ether oxygens (including phenoxy) is 2. The number of hydrogen-bond donors (Lipinski definition) is 0. The van der Waals surface area contributed by atoms with Crippen molar-refractivity contribution in [1.82, 2.24) is 0 Å². The maximum atomic E-state index is 14.7. The Balaban J connectivity index is 2.69. The Kier molecular flexibility index (Phi) is 5.88. The fraction of sp³-hybridized carbons (Fsp3) is 0.188. The van der Waals surface area contributed by atoms with Gasteiger partial charge in [0.15, 0.2) is 10.7 Å². The molecule has 0 aromatic heterocycles. The summed E-state index contributed by atoms with van der Waals surface area (Å²) in [4.78, 5) is 10.3. The van der Waals surface area contributed by atoms with Crippen molar-refractivity contribution in [2.24, 2.45) is 0 Å². The molecule has 0 radical (unpaired) electrons. The van der Waals surface area contributed by atoms with Crippen molar-refractivity contribution in [2.45, 2.75) is 4.90 Å². The second-order valence-electron chi connectivity index (χ2n) is 4.95. The molecule has 6 nitrogen and oxygen atoms in total. The Morgan fingerprint density at radius 1 is 1.04 bits per heavy atom. The van der Waals surface area contributed by atoms with Gasteiger partial charge in [-0.2, -0.15) is 0 Å². The first-order valence-electron chi connectivity index (χ1n) is 7.08. The van der Waals surface area contributed by atoms with Crippen LogP contribution in [0.5, 0.6) is 0 Å². The lowest BCUT2D eigenvalue weighted by atomic mass is 10.2. The summed E-state index contributed by atoms with van der Waals surface area (Å²) in [6.45, 7) is -0.752. The van der Waals surface area contributed by atoms with Gasteiger partial charge in [-0.1, -0.05) is 12.1 Å². The van der Waals surface area contributed by atoms with E-state index in [-0.39, 0.29) is 0 Å². The number of anilines is 1. The Hall–Kier alpha value is -2.59. The molecule has 0 bridgehead atoms. The van der Waals surface area contributed by atoms with Gasteiger partial charge >= 0.3 is 5.97 Å². The van der Waals surface area contributed by atoms with Crippen LogP contribution in [-0.2, 0) is 19.5 Å². The van der Waals surface area contributed by atoms with Crippen molar-refractivity contribution < 1.29 is 35.9 Å². The molecule has 0 atom stereocenters. The van der Waals surface area contributed by atoms with Crippen LogP contribution in [0.25, 0.3) is 0 Å². The Morgan fingerprint density at radius 3 is 2.15 bits per heavy atom. The number of esters is 1. The van der Waals surface area contributed by atoms with Gasteiger partial charge in [-0.3, -0.25) is 0 Å². The maximum absolute atomic E-state index is 14.7. The van der Waals surface area contributed by atoms with Crippen LogP contribution in [0.3, 0.4) is 0 Å². The number of benzene rings is 2. The van der Waals surface area contributed by atoms with Gasteiger partial charge in [0.05, 0.1) is 18.4 Å². The van der Waals surface area contributed by atoms with Crippen LogP contribution in [0, 0.1) is 17.5 Å². The van der Waals surface area contributed by atoms with Crippen molar-refractivity contribution in [3.63, 3.8) is 0 Å². The topological polar surface area (TPSA) is 72.9 Å². The first-order chi connectivity index (χ1) is 12.3. The highest BCUT2D eigenvalue weighted by atomic mass is 32.2. The molecule has 0 aliphatic rings. The van der Waals surface area contributed by atoms with Crippen molar-refractivity contribution in [2.75, 3.05) is 25.3 Å². The second kappa shape index (κ2) is 7.75. The number of methoxy groups -OCH3 is 2. The predicted molar refractivity (Wildman–Crippen MR) is 85.6 cm³/mol. The van der Waals surface area contributed by atoms with Crippen LogP contribution < -0.4 is 4.31 Å². The monoisotopic (exact) mass is 389 g/mol. The highest BCUT2D eigenvalue weighted by molar-refractivity contribution is 7.92. The molecule has 0 aliphatic carbocycles. The fourth-order valence-corrected chi connectivity index (χ4v) is 3.70. The first-order valence-corrected chi connectivity index (χ1v) is 8.52. The number of sulfonamides is 1. The summed E-state index contributed by atoms with van der Waals surface area (Å²) in [6.07, 6.45) is 0. The van der Waals surface area contributed by atoms with E-state index in [1.807, 2.05) is 0 Å². The minimum Gasteiger partial charge on any atom is -0.465 e. The number of hydrogen-bond acceptors (Lipinski definition) is 5. The predicted octanol–water partition coefficient (Wildman–Crippen LogP) is 2.69. The van der Waals surface area contributed by atoms with Crippen molar-refractivity contribution in [3.05, 3.63) is 59.4 Å². The van der Waals surface area contributed by atoms with Crippen molar-refractivity contribution >= 4 is 21.7 Å². The third-order valence-corrected chi connectivity index (χ3v) is 5.15. The molecule has 0 amide bonds. The highest BCUT2D eigenvalue weighted by Crippen LogP contribution is 2.30. The standard InChI is InChI=1S/C16H14F3NO5S/c1-24-9-20(13-8-3-5-10(14(13)19)16(21)25-2)26(22,23)15-11(17)6-4-7-12(15)18/h3-8H,9H2,1-2H3. The van der Waals surface area contributed by atoms with Crippen LogP contribution in [0.2, 0.25) is 0 Å². The first kappa shape index (κ1) is 19.7. The lowest BCUT2D eigenvalue weighted by Gasteiger charge is -2.24. The fourth-order valence-electron chi connectivity index (χ4n) is 2.20. The van der Waals surface area contributed by atoms with Crippen LogP contribution >= 0.6 is 0 Å². The van der Waals surface area contributed by atoms with E-state index < -0.39 is 56.3 Å². The third-order valence-electron chi connectivity index (χ3n) is 3.37. The van der Waals surface area contributed by atoms with Gasteiger partial charge in [-0.05, 0) is 24.3 Å². The lowest BCUT2D eigenvalue weighted by Crippen LogP contribution is -2.35. The quantitative estimate of drug-likeness (QED) is 0.561. The molecule has 0 fully saturated rings. The summed E-state index contributed by atoms with van der Waals surface area (Å²) in [6, 6.07) is 5.79. The molecule has 0 spiro atoms. The summed E-state index contributed by atoms with van der Waals surface area (Å²) in [7, 11) is -2.75. The minimum atomic E-state index is -4.88. The molecule has 0 N–H and O–H groups in total. The van der Waals surface area contributed by atoms with E-state index in [9.17, 15) is 26.4 Å². The molecule has 0 aliphatic heterocycles. The van der Waals surface area contributed by atoms with Gasteiger partial charge in [0, 0.05) is 7.11 Å². The molecule has 2 rings (SSSR count). The lowest BCUT2D eigenvalue weighted by molar-refractivity contribution is 0.0595. The van der Waals surface area contributed by atoms with Gasteiger partial charge in [-0.25, -0.2) is 30.7 Å². The largest absolute Gasteiger partial charge is 0.465 e. The summed E-state index contributed by atoms with van der Waals surface area (Å²) < 4.78 is 77.6. The van der Waals surface area contributed by atoms with Crippen LogP contribution in [0.1, 0.15) is 10.4 Å². The average Bonchev–Trinajstić information content (AvgIpc) is 2.59. The molecule has 0 saturated carbocycles. The smallest absolute Gasteiger partial charge is 0.340 e. The van der Waals surface area contributed by atoms with Crippen molar-refractivity contribution in [1.29, 1.82) is 0 Å². The summed E-state index contributed by atoms with van der Waals surface area (Å²) >= 11 is 0. The zero-order valence-corrected chi connectivity index (χ0v) is 14.5. The van der Waals surface area contributed by atoms with E-state index >= 15 is 0 Å². The van der Waals surface area contributed by atoms with Crippen LogP contribution in [0.15, 0.2) is 41.3 Å². The number of rotatable bonds is 6. The summed E-state index contributed by atoms with van der Waals surface area (Å²) in [5, 5.41) is 0. The normalized spacial score (nSPS) is 11.3. The summed E-state index contributed by atoms with van der Waals surface area (Å²) in [5.74, 6) is -4.99. The molecule has 140 valence electrons. The minimum absolute atomic E-state index is 0.316. The molecule has 0 unspecified atom stereocenters. The Bertz CT molecular complexity index is 913. The van der Waals surface area contributed by atoms with E-state index in [1.165, 1.54) is 6.07 Å². The number of halogens is 3. The maximum Gasteiger partial charge on any atom is 0.340 e. The molecule has 26 heavy (non-hydrogen) atoms. The Labute approximate surface area is 147 Å². The van der Waals surface area contributed by atoms with Crippen LogP contribution in [0.4, 0.5) is 18.9 Å². The molecular weight excluding hydrogens is 375 g/mol. The average molecular weight is 389 g/mol. The SMILES string of the molecule is COCN(c1cccc(C(=O)OC)c1F)S(=O)(=O)c1c(F)cccc1F. The van der Waals surface area contributed by atoms with Gasteiger partial charge in [0.2, 0.25) is 0 Å². The van der Waals surface area contributed by atoms with E-state index in [0.717, 1.165) is 44.6 Å². The highest BCUT2D eigenvalue weighted by Gasteiger charge is 2.33. The number of nitrogens with zero attached hydrogens (tertiary/aromatic N) is 1. The van der Waals surface area contributed by atoms with Gasteiger partial charge in [0.25, 0.3) is 10.0 Å². The van der Waals surface area contributed by atoms with E-state index in [4.69, 9.17) is 4.74 Å². The van der Waals surface area contributed by atoms with Crippen molar-refractivity contribution in [3.8, 4) is 0 Å². The van der Waals surface area contributed by atoms with Gasteiger partial charge in [0.1, 0.15) is 18.4 Å². The zero-order chi connectivity index (χ0) is 19.5. The molecule has 2 aromatic carbocycles. The van der Waals surface area contributed by atoms with E-state index in [2.05, 4.69) is 4.74 Å². The Morgan fingerprint density at radius 2 is 1.62 bits per heavy atom. The van der Waals surface area contributed by atoms with Crippen LogP contribution in [-0.4, -0.2) is 35.3 Å². The molecule has 2 aromatic rings. The van der Waals surface area contributed by atoms with E-state index in [0.29, 0.717) is 4.31 Å². The zero-order valence-electron chi connectivity index (χ0n) is 13.7. The second-order valence-corrected chi connectivity index (χ2v) is 6.75. The number of carbonyl (C=O) groups excluding carboxylic acids is 1. The molecule has 10 heteroatoms. The third kappa shape index (κ3) is 3.51. The van der Waals surface area contributed by atoms with E-state index in [1.54, 1.807) is 0 Å². The van der Waals surface area contributed by atoms with Gasteiger partial charge in [-0.15, -0.1) is 0 Å².